The van der Waals surface area contributed by atoms with Gasteiger partial charge >= 0.3 is 17.9 Å². The molecule has 300 valence electrons. The van der Waals surface area contributed by atoms with Crippen LogP contribution in [0.15, 0.2) is 48.6 Å². The second-order valence-electron chi connectivity index (χ2n) is 14.2. The zero-order valence-corrected chi connectivity index (χ0v) is 34.1. The highest BCUT2D eigenvalue weighted by molar-refractivity contribution is 5.71. The number of allylic oxidation sites excluding steroid dienone is 8. The summed E-state index contributed by atoms with van der Waals surface area (Å²) < 4.78 is 16.6. The predicted octanol–water partition coefficient (Wildman–Crippen LogP) is 13.6. The van der Waals surface area contributed by atoms with Crippen LogP contribution < -0.4 is 0 Å². The van der Waals surface area contributed by atoms with Crippen LogP contribution in [0.2, 0.25) is 0 Å². The van der Waals surface area contributed by atoms with Crippen molar-refractivity contribution in [3.05, 3.63) is 48.6 Å². The van der Waals surface area contributed by atoms with Crippen LogP contribution in [-0.2, 0) is 28.6 Å². The third-order valence-electron chi connectivity index (χ3n) is 9.10. The van der Waals surface area contributed by atoms with Gasteiger partial charge in [0.15, 0.2) is 6.10 Å². The molecule has 0 aromatic carbocycles. The Balaban J connectivity index is 4.24. The van der Waals surface area contributed by atoms with Gasteiger partial charge in [0.2, 0.25) is 0 Å². The molecule has 0 aliphatic carbocycles. The minimum Gasteiger partial charge on any atom is -0.462 e. The van der Waals surface area contributed by atoms with Crippen LogP contribution in [0.25, 0.3) is 0 Å². The van der Waals surface area contributed by atoms with Crippen molar-refractivity contribution >= 4 is 17.9 Å². The van der Waals surface area contributed by atoms with Crippen molar-refractivity contribution in [2.45, 2.75) is 213 Å². The standard InChI is InChI=1S/C46H80O6/c1-4-7-10-13-16-18-19-20-21-22-23-24-25-26-27-28-31-33-36-39-45(48)51-42-43(41-50-44(47)38-35-32-29-15-12-9-6-3)52-46(49)40-37-34-30-17-14-11-8-5-2/h7,10,16,18,20-21,23-24,43H,4-6,8-9,11-15,17,19,22,25-42H2,1-3H3/b10-7-,18-16-,21-20-,24-23-. The molecule has 0 aliphatic rings. The molecule has 0 spiro atoms. The summed E-state index contributed by atoms with van der Waals surface area (Å²) in [5, 5.41) is 0. The van der Waals surface area contributed by atoms with Crippen molar-refractivity contribution in [3.63, 3.8) is 0 Å². The van der Waals surface area contributed by atoms with Crippen LogP contribution in [0.5, 0.6) is 0 Å². The molecule has 52 heavy (non-hydrogen) atoms. The molecular formula is C46H80O6. The zero-order chi connectivity index (χ0) is 38.0. The maximum atomic E-state index is 12.6. The lowest BCUT2D eigenvalue weighted by atomic mass is 10.1. The van der Waals surface area contributed by atoms with Crippen molar-refractivity contribution in [1.29, 1.82) is 0 Å². The van der Waals surface area contributed by atoms with Gasteiger partial charge in [0, 0.05) is 19.3 Å². The predicted molar refractivity (Wildman–Crippen MR) is 219 cm³/mol. The van der Waals surface area contributed by atoms with Crippen molar-refractivity contribution < 1.29 is 28.6 Å². The van der Waals surface area contributed by atoms with Gasteiger partial charge in [0.1, 0.15) is 13.2 Å². The first-order valence-corrected chi connectivity index (χ1v) is 21.6. The molecule has 0 amide bonds. The maximum Gasteiger partial charge on any atom is 0.306 e. The number of esters is 3. The largest absolute Gasteiger partial charge is 0.462 e. The van der Waals surface area contributed by atoms with Gasteiger partial charge in [0.05, 0.1) is 0 Å². The van der Waals surface area contributed by atoms with Gasteiger partial charge in [-0.15, -0.1) is 0 Å². The van der Waals surface area contributed by atoms with Crippen LogP contribution in [0.4, 0.5) is 0 Å². The third kappa shape index (κ3) is 38.6. The molecule has 0 heterocycles. The fourth-order valence-corrected chi connectivity index (χ4v) is 5.84. The highest BCUT2D eigenvalue weighted by atomic mass is 16.6. The Morgan fingerprint density at radius 1 is 0.404 bits per heavy atom. The van der Waals surface area contributed by atoms with E-state index in [0.29, 0.717) is 19.3 Å². The number of hydrogen-bond donors (Lipinski definition) is 0. The van der Waals surface area contributed by atoms with Gasteiger partial charge in [-0.2, -0.15) is 0 Å². The van der Waals surface area contributed by atoms with Crippen molar-refractivity contribution in [2.75, 3.05) is 13.2 Å². The molecule has 0 aromatic heterocycles. The Morgan fingerprint density at radius 2 is 0.750 bits per heavy atom. The first kappa shape index (κ1) is 49.4. The molecule has 0 aliphatic heterocycles. The average Bonchev–Trinajstić information content (AvgIpc) is 3.14. The van der Waals surface area contributed by atoms with E-state index in [-0.39, 0.29) is 31.1 Å². The molecule has 0 bridgehead atoms. The number of unbranched alkanes of at least 4 members (excludes halogenated alkanes) is 19. The number of ether oxygens (including phenoxy) is 3. The van der Waals surface area contributed by atoms with Gasteiger partial charge < -0.3 is 14.2 Å². The van der Waals surface area contributed by atoms with E-state index < -0.39 is 6.10 Å². The SMILES string of the molecule is CC/C=C\C/C=C\C/C=C\C/C=C\CCCCCCCCC(=O)OCC(COC(=O)CCCCCCCCC)OC(=O)CCCCCCCCCC. The lowest BCUT2D eigenvalue weighted by Crippen LogP contribution is -2.30. The zero-order valence-electron chi connectivity index (χ0n) is 34.1. The molecule has 6 heteroatoms. The molecule has 0 saturated heterocycles. The summed E-state index contributed by atoms with van der Waals surface area (Å²) in [7, 11) is 0. The topological polar surface area (TPSA) is 78.9 Å². The quantitative estimate of drug-likeness (QED) is 0.0272. The van der Waals surface area contributed by atoms with Gasteiger partial charge in [-0.25, -0.2) is 0 Å². The Kier molecular flexibility index (Phi) is 39.1. The molecule has 0 saturated carbocycles. The Labute approximate surface area is 320 Å². The fourth-order valence-electron chi connectivity index (χ4n) is 5.84. The average molecular weight is 729 g/mol. The van der Waals surface area contributed by atoms with E-state index in [1.807, 2.05) is 0 Å². The van der Waals surface area contributed by atoms with E-state index in [2.05, 4.69) is 69.4 Å². The maximum absolute atomic E-state index is 12.6. The molecule has 0 rings (SSSR count). The van der Waals surface area contributed by atoms with Crippen LogP contribution in [0.1, 0.15) is 207 Å². The Bertz CT molecular complexity index is 933. The Morgan fingerprint density at radius 3 is 1.17 bits per heavy atom. The molecule has 1 atom stereocenters. The van der Waals surface area contributed by atoms with Gasteiger partial charge in [-0.3, -0.25) is 14.4 Å². The Hall–Kier alpha value is -2.63. The summed E-state index contributed by atoms with van der Waals surface area (Å²) in [6, 6.07) is 0. The number of hydrogen-bond acceptors (Lipinski definition) is 6. The number of rotatable bonds is 38. The highest BCUT2D eigenvalue weighted by Gasteiger charge is 2.19. The normalized spacial score (nSPS) is 12.4. The smallest absolute Gasteiger partial charge is 0.306 e. The molecule has 0 fully saturated rings. The summed E-state index contributed by atoms with van der Waals surface area (Å²) in [5.41, 5.74) is 0. The summed E-state index contributed by atoms with van der Waals surface area (Å²) in [6.45, 7) is 6.42. The lowest BCUT2D eigenvalue weighted by Gasteiger charge is -2.18. The van der Waals surface area contributed by atoms with E-state index in [1.54, 1.807) is 0 Å². The van der Waals surface area contributed by atoms with E-state index >= 15 is 0 Å². The molecular weight excluding hydrogens is 649 g/mol. The summed E-state index contributed by atoms with van der Waals surface area (Å²) in [5.74, 6) is -0.905. The number of carbonyl (C=O) groups is 3. The van der Waals surface area contributed by atoms with Crippen molar-refractivity contribution in [3.8, 4) is 0 Å². The minimum atomic E-state index is -0.770. The molecule has 0 aromatic rings. The second kappa shape index (κ2) is 41.1. The molecule has 6 nitrogen and oxygen atoms in total. The third-order valence-corrected chi connectivity index (χ3v) is 9.10. The summed E-state index contributed by atoms with van der Waals surface area (Å²) in [4.78, 5) is 37.4. The summed E-state index contributed by atoms with van der Waals surface area (Å²) >= 11 is 0. The van der Waals surface area contributed by atoms with Crippen LogP contribution in [0.3, 0.4) is 0 Å². The van der Waals surface area contributed by atoms with Gasteiger partial charge in [-0.05, 0) is 57.8 Å². The summed E-state index contributed by atoms with van der Waals surface area (Å²) in [6.07, 6.45) is 46.8. The highest BCUT2D eigenvalue weighted by Crippen LogP contribution is 2.13. The van der Waals surface area contributed by atoms with E-state index in [1.165, 1.54) is 77.0 Å². The molecule has 0 N–H and O–H groups in total. The van der Waals surface area contributed by atoms with Crippen LogP contribution in [0, 0.1) is 0 Å². The number of carbonyl (C=O) groups excluding carboxylic acids is 3. The molecule has 0 radical (unpaired) electrons. The minimum absolute atomic E-state index is 0.0767. The van der Waals surface area contributed by atoms with E-state index in [4.69, 9.17) is 14.2 Å². The van der Waals surface area contributed by atoms with Crippen LogP contribution >= 0.6 is 0 Å². The van der Waals surface area contributed by atoms with Crippen LogP contribution in [-0.4, -0.2) is 37.2 Å². The van der Waals surface area contributed by atoms with Gasteiger partial charge in [0.25, 0.3) is 0 Å². The van der Waals surface area contributed by atoms with E-state index in [0.717, 1.165) is 89.9 Å². The van der Waals surface area contributed by atoms with Crippen molar-refractivity contribution in [1.82, 2.24) is 0 Å². The van der Waals surface area contributed by atoms with Gasteiger partial charge in [-0.1, -0.05) is 179 Å². The first-order valence-electron chi connectivity index (χ1n) is 21.6. The lowest BCUT2D eigenvalue weighted by molar-refractivity contribution is -0.167. The monoisotopic (exact) mass is 729 g/mol. The molecule has 1 unspecified atom stereocenters. The fraction of sp³-hybridized carbons (Fsp3) is 0.761. The van der Waals surface area contributed by atoms with Crippen molar-refractivity contribution in [2.24, 2.45) is 0 Å². The first-order chi connectivity index (χ1) is 25.5. The second-order valence-corrected chi connectivity index (χ2v) is 14.2. The van der Waals surface area contributed by atoms with E-state index in [9.17, 15) is 14.4 Å².